The zero-order valence-electron chi connectivity index (χ0n) is 13.2. The first-order chi connectivity index (χ1) is 12.2. The number of carboxylic acid groups (broad SMARTS) is 1. The number of nitrogens with two attached hydrogens (primary N) is 1. The van der Waals surface area contributed by atoms with Crippen LogP contribution < -0.4 is 10.5 Å². The fourth-order valence-corrected chi connectivity index (χ4v) is 2.45. The third kappa shape index (κ3) is 5.62. The molecule has 0 aliphatic rings. The lowest BCUT2D eigenvalue weighted by atomic mass is 10.1. The van der Waals surface area contributed by atoms with Gasteiger partial charge in [0, 0.05) is 17.0 Å². The van der Waals surface area contributed by atoms with E-state index >= 15 is 0 Å². The van der Waals surface area contributed by atoms with Crippen LogP contribution in [0.5, 0.6) is 5.75 Å². The van der Waals surface area contributed by atoms with Gasteiger partial charge in [0.05, 0.1) is 5.56 Å². The van der Waals surface area contributed by atoms with Crippen LogP contribution in [0.1, 0.15) is 15.9 Å². The van der Waals surface area contributed by atoms with E-state index in [1.807, 2.05) is 0 Å². The van der Waals surface area contributed by atoms with E-state index in [2.05, 4.69) is 20.9 Å². The zero-order chi connectivity index (χ0) is 19.3. The number of ether oxygens (including phenoxy) is 1. The lowest BCUT2D eigenvalue weighted by Gasteiger charge is -2.08. The second-order valence-corrected chi connectivity index (χ2v) is 6.10. The van der Waals surface area contributed by atoms with Crippen LogP contribution in [0.25, 0.3) is 0 Å². The molecule has 0 aliphatic heterocycles. The Morgan fingerprint density at radius 2 is 1.81 bits per heavy atom. The first-order valence-electron chi connectivity index (χ1n) is 7.21. The molecule has 0 fully saturated rings. The molecule has 2 aromatic rings. The molecule has 1 amide bonds. The van der Waals surface area contributed by atoms with Crippen molar-refractivity contribution in [3.8, 4) is 5.75 Å². The number of carbonyl (C=O) groups is 2. The number of amides is 1. The summed E-state index contributed by atoms with van der Waals surface area (Å²) in [6.45, 7) is -0.635. The lowest BCUT2D eigenvalue weighted by Crippen LogP contribution is -2.18. The van der Waals surface area contributed by atoms with E-state index in [0.29, 0.717) is 4.47 Å². The number of halogens is 3. The van der Waals surface area contributed by atoms with Crippen LogP contribution in [0.3, 0.4) is 0 Å². The van der Waals surface area contributed by atoms with Crippen LogP contribution in [0, 0.1) is 11.6 Å². The normalized spacial score (nSPS) is 11.3. The van der Waals surface area contributed by atoms with Gasteiger partial charge in [-0.25, -0.2) is 13.6 Å². The van der Waals surface area contributed by atoms with Crippen molar-refractivity contribution in [2.24, 2.45) is 10.7 Å². The molecule has 0 aliphatic carbocycles. The fraction of sp³-hybridized carbons (Fsp3) is 0.118. The Hall–Kier alpha value is -2.81. The second kappa shape index (κ2) is 8.52. The molecular formula is C17H13BrF2N2O4. The van der Waals surface area contributed by atoms with E-state index in [1.54, 1.807) is 6.07 Å². The van der Waals surface area contributed by atoms with Gasteiger partial charge < -0.3 is 15.6 Å². The SMILES string of the molecule is NC(Cc1cc(F)cc(F)c1)=NC(=O)c1cc(Br)ccc1OCC(=O)O. The number of carbonyl (C=O) groups excluding carboxylic acids is 1. The Bertz CT molecular complexity index is 867. The minimum Gasteiger partial charge on any atom is -0.481 e. The van der Waals surface area contributed by atoms with Gasteiger partial charge in [0.15, 0.2) is 6.61 Å². The average molecular weight is 427 g/mol. The smallest absolute Gasteiger partial charge is 0.341 e. The van der Waals surface area contributed by atoms with E-state index in [0.717, 1.165) is 18.2 Å². The molecule has 0 saturated heterocycles. The van der Waals surface area contributed by atoms with Crippen LogP contribution >= 0.6 is 15.9 Å². The van der Waals surface area contributed by atoms with Crippen molar-refractivity contribution in [3.05, 3.63) is 63.6 Å². The molecule has 0 aromatic heterocycles. The van der Waals surface area contributed by atoms with Crippen LogP contribution in [-0.2, 0) is 11.2 Å². The maximum Gasteiger partial charge on any atom is 0.341 e. The number of rotatable bonds is 6. The molecule has 2 rings (SSSR count). The van der Waals surface area contributed by atoms with E-state index in [1.165, 1.54) is 12.1 Å². The van der Waals surface area contributed by atoms with Gasteiger partial charge in [-0.15, -0.1) is 0 Å². The molecule has 0 unspecified atom stereocenters. The number of hydrogen-bond acceptors (Lipinski definition) is 3. The summed E-state index contributed by atoms with van der Waals surface area (Å²) in [7, 11) is 0. The summed E-state index contributed by atoms with van der Waals surface area (Å²) in [6, 6.07) is 7.26. The van der Waals surface area contributed by atoms with Gasteiger partial charge in [0.1, 0.15) is 23.2 Å². The van der Waals surface area contributed by atoms with Gasteiger partial charge in [-0.3, -0.25) is 4.79 Å². The van der Waals surface area contributed by atoms with Gasteiger partial charge in [0.2, 0.25) is 0 Å². The standard InChI is InChI=1S/C17H13BrF2N2O4/c18-10-1-2-14(26-8-16(23)24)13(6-10)17(25)22-15(21)5-9-3-11(19)7-12(20)4-9/h1-4,6-7H,5,8H2,(H,23,24)(H2,21,22,25). The van der Waals surface area contributed by atoms with Crippen molar-refractivity contribution in [3.63, 3.8) is 0 Å². The molecule has 136 valence electrons. The van der Waals surface area contributed by atoms with Crippen molar-refractivity contribution in [2.45, 2.75) is 6.42 Å². The average Bonchev–Trinajstić information content (AvgIpc) is 2.52. The molecule has 9 heteroatoms. The molecule has 6 nitrogen and oxygen atoms in total. The molecular weight excluding hydrogens is 414 g/mol. The van der Waals surface area contributed by atoms with Crippen molar-refractivity contribution >= 4 is 33.6 Å². The summed E-state index contributed by atoms with van der Waals surface area (Å²) in [5, 5.41) is 8.69. The van der Waals surface area contributed by atoms with Gasteiger partial charge in [-0.2, -0.15) is 4.99 Å². The van der Waals surface area contributed by atoms with Crippen LogP contribution in [0.15, 0.2) is 45.9 Å². The summed E-state index contributed by atoms with van der Waals surface area (Å²) >= 11 is 3.19. The summed E-state index contributed by atoms with van der Waals surface area (Å²) in [5.41, 5.74) is 5.90. The third-order valence-corrected chi connectivity index (χ3v) is 3.57. The first kappa shape index (κ1) is 19.5. The molecule has 0 spiro atoms. The van der Waals surface area contributed by atoms with Crippen LogP contribution in [0.2, 0.25) is 0 Å². The first-order valence-corrected chi connectivity index (χ1v) is 8.00. The molecule has 0 heterocycles. The highest BCUT2D eigenvalue weighted by Gasteiger charge is 2.15. The number of aliphatic carboxylic acids is 1. The van der Waals surface area contributed by atoms with Crippen molar-refractivity contribution in [1.82, 2.24) is 0 Å². The Balaban J connectivity index is 2.23. The van der Waals surface area contributed by atoms with Gasteiger partial charge in [-0.05, 0) is 35.9 Å². The Morgan fingerprint density at radius 3 is 2.42 bits per heavy atom. The zero-order valence-corrected chi connectivity index (χ0v) is 14.8. The van der Waals surface area contributed by atoms with Gasteiger partial charge >= 0.3 is 5.97 Å². The number of nitrogens with zero attached hydrogens (tertiary/aromatic N) is 1. The van der Waals surface area contributed by atoms with Crippen molar-refractivity contribution < 1.29 is 28.2 Å². The third-order valence-electron chi connectivity index (χ3n) is 3.08. The number of amidine groups is 1. The maximum absolute atomic E-state index is 13.2. The second-order valence-electron chi connectivity index (χ2n) is 5.19. The van der Waals surface area contributed by atoms with Gasteiger partial charge in [-0.1, -0.05) is 15.9 Å². The fourth-order valence-electron chi connectivity index (χ4n) is 2.09. The predicted octanol–water partition coefficient (Wildman–Crippen LogP) is 2.93. The molecule has 0 bridgehead atoms. The van der Waals surface area contributed by atoms with Gasteiger partial charge in [0.25, 0.3) is 5.91 Å². The maximum atomic E-state index is 13.2. The predicted molar refractivity (Wildman–Crippen MR) is 93.3 cm³/mol. The van der Waals surface area contributed by atoms with Crippen molar-refractivity contribution in [1.29, 1.82) is 0 Å². The summed E-state index contributed by atoms with van der Waals surface area (Å²) in [6.07, 6.45) is -0.139. The largest absolute Gasteiger partial charge is 0.481 e. The monoisotopic (exact) mass is 426 g/mol. The molecule has 3 N–H and O–H groups in total. The number of carboxylic acids is 1. The van der Waals surface area contributed by atoms with Crippen molar-refractivity contribution in [2.75, 3.05) is 6.61 Å². The quantitative estimate of drug-likeness (QED) is 0.545. The Morgan fingerprint density at radius 1 is 1.15 bits per heavy atom. The highest BCUT2D eigenvalue weighted by Crippen LogP contribution is 2.24. The van der Waals surface area contributed by atoms with Crippen LogP contribution in [0.4, 0.5) is 8.78 Å². The molecule has 0 radical (unpaired) electrons. The minimum absolute atomic E-state index is 0.00556. The highest BCUT2D eigenvalue weighted by molar-refractivity contribution is 9.10. The van der Waals surface area contributed by atoms with E-state index < -0.39 is 30.1 Å². The number of hydrogen-bond donors (Lipinski definition) is 2. The molecule has 0 atom stereocenters. The number of benzene rings is 2. The molecule has 0 saturated carbocycles. The van der Waals surface area contributed by atoms with E-state index in [9.17, 15) is 18.4 Å². The van der Waals surface area contributed by atoms with E-state index in [4.69, 9.17) is 15.6 Å². The summed E-state index contributed by atoms with van der Waals surface area (Å²) < 4.78 is 32.0. The minimum atomic E-state index is -1.21. The number of aliphatic imine (C=N–C) groups is 1. The van der Waals surface area contributed by atoms with E-state index in [-0.39, 0.29) is 29.1 Å². The lowest BCUT2D eigenvalue weighted by molar-refractivity contribution is -0.139. The molecule has 2 aromatic carbocycles. The Kier molecular flexibility index (Phi) is 6.40. The Labute approximate surface area is 155 Å². The molecule has 26 heavy (non-hydrogen) atoms. The summed E-state index contributed by atoms with van der Waals surface area (Å²) in [5.74, 6) is -3.66. The van der Waals surface area contributed by atoms with Crippen LogP contribution in [-0.4, -0.2) is 29.4 Å². The summed E-state index contributed by atoms with van der Waals surface area (Å²) in [4.78, 5) is 26.7. The highest BCUT2D eigenvalue weighted by atomic mass is 79.9. The topological polar surface area (TPSA) is 102 Å².